The Morgan fingerprint density at radius 2 is 1.12 bits per heavy atom. The fourth-order valence-corrected chi connectivity index (χ4v) is 7.11. The second kappa shape index (κ2) is 25.6. The lowest BCUT2D eigenvalue weighted by Crippen LogP contribution is -2.50. The number of carboxylic acids is 3. The van der Waals surface area contributed by atoms with Crippen LogP contribution in [0, 0.1) is 0 Å². The van der Waals surface area contributed by atoms with Gasteiger partial charge in [-0.2, -0.15) is 0 Å². The zero-order valence-electron chi connectivity index (χ0n) is 30.2. The first kappa shape index (κ1) is 44.8. The van der Waals surface area contributed by atoms with Gasteiger partial charge < -0.3 is 31.7 Å². The van der Waals surface area contributed by atoms with E-state index in [9.17, 15) is 48.9 Å². The van der Waals surface area contributed by atoms with Gasteiger partial charge in [0.15, 0.2) is 0 Å². The van der Waals surface area contributed by atoms with Crippen molar-refractivity contribution >= 4 is 53.3 Å². The first-order chi connectivity index (χ1) is 24.9. The molecule has 18 nitrogen and oxygen atoms in total. The molecule has 0 aromatic heterocycles. The molecule has 0 aromatic carbocycles. The number of nitrogens with two attached hydrogens (primary N) is 1. The lowest BCUT2D eigenvalue weighted by Gasteiger charge is -2.32. The molecule has 2 saturated heterocycles. The van der Waals surface area contributed by atoms with Crippen LogP contribution in [0.15, 0.2) is 0 Å². The zero-order chi connectivity index (χ0) is 38.3. The molecular formula is C33H58N8O10S. The Kier molecular flexibility index (Phi) is 22.0. The molecule has 4 amide bonds. The van der Waals surface area contributed by atoms with Gasteiger partial charge in [0.05, 0.1) is 31.4 Å². The molecule has 0 saturated carbocycles. The molecule has 0 aromatic rings. The van der Waals surface area contributed by atoms with Crippen LogP contribution in [0.1, 0.15) is 51.4 Å². The summed E-state index contributed by atoms with van der Waals surface area (Å²) >= 11 is 1.44. The van der Waals surface area contributed by atoms with E-state index in [1.54, 1.807) is 19.6 Å². The molecule has 2 fully saturated rings. The number of thioether (sulfide) groups is 1. The van der Waals surface area contributed by atoms with Gasteiger partial charge in [-0.3, -0.25) is 58.1 Å². The topological polar surface area (TPSA) is 246 Å². The van der Waals surface area contributed by atoms with Crippen molar-refractivity contribution in [2.75, 3.05) is 110 Å². The average molecular weight is 759 g/mol. The second-order valence-electron chi connectivity index (χ2n) is 13.1. The molecule has 0 aliphatic carbocycles. The predicted octanol–water partition coefficient (Wildman–Crippen LogP) is -1.76. The number of likely N-dealkylation sites (tertiary alicyclic amines) is 1. The van der Waals surface area contributed by atoms with Crippen molar-refractivity contribution in [2.45, 2.75) is 56.6 Å². The minimum atomic E-state index is -1.04. The van der Waals surface area contributed by atoms with Crippen LogP contribution >= 0.6 is 11.8 Å². The number of hydrogen-bond donors (Lipinski definition) is 6. The average Bonchev–Trinajstić information content (AvgIpc) is 3.34. The number of carbonyl (C=O) groups is 7. The Morgan fingerprint density at radius 1 is 0.635 bits per heavy atom. The van der Waals surface area contributed by atoms with E-state index in [1.807, 2.05) is 0 Å². The molecule has 0 radical (unpaired) electrons. The fourth-order valence-electron chi connectivity index (χ4n) is 5.92. The molecular weight excluding hydrogens is 700 g/mol. The SMILES string of the molecule is NCCCCCNC(=O)CCCCCSC1CC(=O)N(CCNC(=O)CN2CCN(CC(=O)O)CCN(CC(=O)O)CCN(CC(=O)O)CC2)C1=O. The molecule has 52 heavy (non-hydrogen) atoms. The minimum Gasteiger partial charge on any atom is -0.480 e. The van der Waals surface area contributed by atoms with Crippen molar-refractivity contribution in [3.05, 3.63) is 0 Å². The molecule has 2 heterocycles. The van der Waals surface area contributed by atoms with Crippen LogP contribution in [0.4, 0.5) is 0 Å². The Balaban J connectivity index is 1.80. The van der Waals surface area contributed by atoms with Gasteiger partial charge in [-0.1, -0.05) is 12.8 Å². The van der Waals surface area contributed by atoms with E-state index in [0.717, 1.165) is 38.5 Å². The van der Waals surface area contributed by atoms with E-state index < -0.39 is 23.2 Å². The van der Waals surface area contributed by atoms with Crippen LogP contribution in [0.5, 0.6) is 0 Å². The Bertz CT molecular complexity index is 1150. The molecule has 19 heteroatoms. The maximum atomic E-state index is 13.0. The van der Waals surface area contributed by atoms with Gasteiger partial charge in [-0.15, -0.1) is 11.8 Å². The highest BCUT2D eigenvalue weighted by atomic mass is 32.2. The molecule has 1 unspecified atom stereocenters. The highest BCUT2D eigenvalue weighted by molar-refractivity contribution is 8.00. The molecule has 0 spiro atoms. The summed E-state index contributed by atoms with van der Waals surface area (Å²) in [6, 6.07) is 0. The first-order valence-electron chi connectivity index (χ1n) is 18.1. The van der Waals surface area contributed by atoms with Gasteiger partial charge in [0.2, 0.25) is 23.6 Å². The summed E-state index contributed by atoms with van der Waals surface area (Å²) in [5, 5.41) is 33.3. The number of amides is 4. The molecule has 2 aliphatic rings. The minimum absolute atomic E-state index is 0.0351. The molecule has 2 aliphatic heterocycles. The fraction of sp³-hybridized carbons (Fsp3) is 0.788. The third-order valence-electron chi connectivity index (χ3n) is 8.80. The standard InChI is InChI=1S/C33H58N8O10S/c34-8-4-2-5-9-35-27(42)7-3-1-6-20-52-26-21-29(44)41(33(26)51)11-10-36-28(43)22-37-12-14-38(23-30(45)46)16-18-40(25-32(49)50)19-17-39(15-13-37)24-31(47)48/h26H,1-25,34H2,(H,35,42)(H,36,43)(H,45,46)(H,47,48)(H,49,50). The van der Waals surface area contributed by atoms with Crippen molar-refractivity contribution in [3.8, 4) is 0 Å². The highest BCUT2D eigenvalue weighted by Gasteiger charge is 2.38. The molecule has 296 valence electrons. The van der Waals surface area contributed by atoms with Crippen LogP contribution in [-0.2, 0) is 33.6 Å². The summed E-state index contributed by atoms with van der Waals surface area (Å²) in [5.74, 6) is -3.32. The summed E-state index contributed by atoms with van der Waals surface area (Å²) in [6.45, 7) is 2.78. The Morgan fingerprint density at radius 3 is 1.62 bits per heavy atom. The summed E-state index contributed by atoms with van der Waals surface area (Å²) in [4.78, 5) is 92.8. The van der Waals surface area contributed by atoms with Gasteiger partial charge in [0.1, 0.15) is 0 Å². The largest absolute Gasteiger partial charge is 0.480 e. The first-order valence-corrected chi connectivity index (χ1v) is 19.2. The third kappa shape index (κ3) is 19.5. The number of unbranched alkanes of at least 4 members (excludes halogenated alkanes) is 4. The summed E-state index contributed by atoms with van der Waals surface area (Å²) in [5.41, 5.74) is 5.47. The zero-order valence-corrected chi connectivity index (χ0v) is 31.0. The molecule has 0 bridgehead atoms. The van der Waals surface area contributed by atoms with Crippen LogP contribution in [0.25, 0.3) is 0 Å². The van der Waals surface area contributed by atoms with E-state index in [0.29, 0.717) is 38.4 Å². The number of hydrogen-bond acceptors (Lipinski definition) is 13. The predicted molar refractivity (Wildman–Crippen MR) is 194 cm³/mol. The summed E-state index contributed by atoms with van der Waals surface area (Å²) < 4.78 is 0. The maximum Gasteiger partial charge on any atom is 0.317 e. The normalized spacial score (nSPS) is 18.9. The third-order valence-corrected chi connectivity index (χ3v) is 10.1. The number of imide groups is 1. The maximum absolute atomic E-state index is 13.0. The van der Waals surface area contributed by atoms with Crippen molar-refractivity contribution in [2.24, 2.45) is 5.73 Å². The van der Waals surface area contributed by atoms with E-state index >= 15 is 0 Å². The van der Waals surface area contributed by atoms with E-state index in [4.69, 9.17) is 5.73 Å². The highest BCUT2D eigenvalue weighted by Crippen LogP contribution is 2.26. The van der Waals surface area contributed by atoms with Crippen LogP contribution < -0.4 is 16.4 Å². The summed E-state index contributed by atoms with van der Waals surface area (Å²) in [7, 11) is 0. The number of nitrogens with one attached hydrogen (secondary N) is 2. The van der Waals surface area contributed by atoms with Gasteiger partial charge >= 0.3 is 17.9 Å². The van der Waals surface area contributed by atoms with Crippen molar-refractivity contribution in [3.63, 3.8) is 0 Å². The number of rotatable bonds is 23. The Hall–Kier alpha value is -3.36. The number of carboxylic acid groups (broad SMARTS) is 3. The number of aliphatic carboxylic acids is 3. The molecule has 2 rings (SSSR count). The lowest BCUT2D eigenvalue weighted by atomic mass is 10.2. The Labute approximate surface area is 309 Å². The smallest absolute Gasteiger partial charge is 0.317 e. The number of nitrogens with zero attached hydrogens (tertiary/aromatic N) is 5. The number of carbonyl (C=O) groups excluding carboxylic acids is 4. The summed E-state index contributed by atoms with van der Waals surface area (Å²) in [6.07, 6.45) is 5.86. The van der Waals surface area contributed by atoms with Gasteiger partial charge in [0, 0.05) is 84.8 Å². The quantitative estimate of drug-likeness (QED) is 0.0499. The van der Waals surface area contributed by atoms with Crippen molar-refractivity contribution < 1.29 is 48.9 Å². The van der Waals surface area contributed by atoms with E-state index in [2.05, 4.69) is 10.6 Å². The van der Waals surface area contributed by atoms with Crippen LogP contribution in [0.2, 0.25) is 0 Å². The van der Waals surface area contributed by atoms with Crippen LogP contribution in [-0.4, -0.2) is 197 Å². The molecule has 7 N–H and O–H groups in total. The van der Waals surface area contributed by atoms with Gasteiger partial charge in [-0.05, 0) is 38.0 Å². The van der Waals surface area contributed by atoms with E-state index in [1.165, 1.54) is 16.7 Å². The van der Waals surface area contributed by atoms with Gasteiger partial charge in [0.25, 0.3) is 0 Å². The monoisotopic (exact) mass is 758 g/mol. The van der Waals surface area contributed by atoms with Crippen molar-refractivity contribution in [1.82, 2.24) is 35.1 Å². The van der Waals surface area contributed by atoms with E-state index in [-0.39, 0.29) is 109 Å². The second-order valence-corrected chi connectivity index (χ2v) is 14.4. The van der Waals surface area contributed by atoms with Gasteiger partial charge in [-0.25, -0.2) is 0 Å². The van der Waals surface area contributed by atoms with Crippen LogP contribution in [0.3, 0.4) is 0 Å². The van der Waals surface area contributed by atoms with Crippen molar-refractivity contribution in [1.29, 1.82) is 0 Å². The molecule has 1 atom stereocenters. The lowest BCUT2D eigenvalue weighted by molar-refractivity contribution is -0.140.